The first-order valence-electron chi connectivity index (χ1n) is 6.69. The Morgan fingerprint density at radius 1 is 1.48 bits per heavy atom. The van der Waals surface area contributed by atoms with E-state index in [0.29, 0.717) is 11.0 Å². The second-order valence-corrected chi connectivity index (χ2v) is 8.26. The summed E-state index contributed by atoms with van der Waals surface area (Å²) in [6.45, 7) is 2.99. The molecule has 1 unspecified atom stereocenters. The van der Waals surface area contributed by atoms with Crippen LogP contribution in [0.15, 0.2) is 39.0 Å². The lowest BCUT2D eigenvalue weighted by Crippen LogP contribution is -2.33. The summed E-state index contributed by atoms with van der Waals surface area (Å²) in [6.07, 6.45) is 1.01. The second-order valence-electron chi connectivity index (χ2n) is 4.72. The number of hydrogen-bond donors (Lipinski definition) is 0. The highest BCUT2D eigenvalue weighted by Gasteiger charge is 2.24. The molecule has 0 saturated heterocycles. The van der Waals surface area contributed by atoms with E-state index in [1.165, 1.54) is 28.0 Å². The lowest BCUT2D eigenvalue weighted by atomic mass is 10.2. The number of benzene rings is 1. The van der Waals surface area contributed by atoms with Gasteiger partial charge >= 0.3 is 0 Å². The number of carbonyl (C=O) groups is 1. The zero-order valence-electron chi connectivity index (χ0n) is 11.6. The highest BCUT2D eigenvalue weighted by Crippen LogP contribution is 2.37. The smallest absolute Gasteiger partial charge is 0.237 e. The number of anilines is 1. The van der Waals surface area contributed by atoms with Crippen molar-refractivity contribution < 1.29 is 4.79 Å². The van der Waals surface area contributed by atoms with Crippen LogP contribution >= 0.6 is 34.9 Å². The number of fused-ring (bicyclic) bond motifs is 1. The van der Waals surface area contributed by atoms with Gasteiger partial charge in [-0.3, -0.25) is 4.79 Å². The van der Waals surface area contributed by atoms with Crippen molar-refractivity contribution in [3.05, 3.63) is 29.8 Å². The molecule has 110 valence electrons. The van der Waals surface area contributed by atoms with Crippen LogP contribution in [0.1, 0.15) is 13.3 Å². The lowest BCUT2D eigenvalue weighted by molar-refractivity contribution is -0.116. The first-order chi connectivity index (χ1) is 10.2. The monoisotopic (exact) mass is 337 g/mol. The third-order valence-electron chi connectivity index (χ3n) is 3.20. The average molecular weight is 337 g/mol. The van der Waals surface area contributed by atoms with Crippen molar-refractivity contribution in [2.24, 2.45) is 0 Å². The molecule has 4 nitrogen and oxygen atoms in total. The number of nitrogens with zero attached hydrogens (tertiary/aromatic N) is 3. The summed E-state index contributed by atoms with van der Waals surface area (Å²) in [5, 5.41) is 8.29. The van der Waals surface area contributed by atoms with E-state index in [9.17, 15) is 4.79 Å². The SMILES string of the molecule is CC1CCN(C(=O)CSc2nncs2)c2ccccc2S1. The molecule has 3 rings (SSSR count). The number of para-hydroxylation sites is 1. The summed E-state index contributed by atoms with van der Waals surface area (Å²) >= 11 is 4.77. The Balaban J connectivity index is 1.76. The third-order valence-corrected chi connectivity index (χ3v) is 6.29. The molecule has 1 aromatic carbocycles. The van der Waals surface area contributed by atoms with Crippen molar-refractivity contribution in [3.63, 3.8) is 0 Å². The minimum absolute atomic E-state index is 0.136. The van der Waals surface area contributed by atoms with Gasteiger partial charge in [0.1, 0.15) is 5.51 Å². The molecule has 1 amide bonds. The van der Waals surface area contributed by atoms with Crippen molar-refractivity contribution in [1.82, 2.24) is 10.2 Å². The lowest BCUT2D eigenvalue weighted by Gasteiger charge is -2.22. The normalized spacial score (nSPS) is 18.1. The van der Waals surface area contributed by atoms with Crippen LogP contribution in [-0.2, 0) is 4.79 Å². The minimum Gasteiger partial charge on any atom is -0.311 e. The van der Waals surface area contributed by atoms with Gasteiger partial charge in [0.05, 0.1) is 11.4 Å². The van der Waals surface area contributed by atoms with Gasteiger partial charge in [-0.25, -0.2) is 0 Å². The molecule has 0 N–H and O–H groups in total. The van der Waals surface area contributed by atoms with Gasteiger partial charge in [-0.15, -0.1) is 22.0 Å². The first kappa shape index (κ1) is 14.9. The van der Waals surface area contributed by atoms with E-state index in [1.54, 1.807) is 5.51 Å². The maximum Gasteiger partial charge on any atom is 0.237 e. The van der Waals surface area contributed by atoms with E-state index >= 15 is 0 Å². The van der Waals surface area contributed by atoms with E-state index < -0.39 is 0 Å². The topological polar surface area (TPSA) is 46.1 Å². The van der Waals surface area contributed by atoms with Crippen LogP contribution in [0.2, 0.25) is 0 Å². The fourth-order valence-corrected chi connectivity index (χ4v) is 4.65. The average Bonchev–Trinajstić information content (AvgIpc) is 2.94. The third kappa shape index (κ3) is 3.59. The molecule has 1 atom stereocenters. The van der Waals surface area contributed by atoms with Crippen molar-refractivity contribution in [3.8, 4) is 0 Å². The van der Waals surface area contributed by atoms with E-state index in [0.717, 1.165) is 23.0 Å². The number of rotatable bonds is 3. The van der Waals surface area contributed by atoms with Crippen molar-refractivity contribution in [2.45, 2.75) is 27.8 Å². The van der Waals surface area contributed by atoms with Crippen molar-refractivity contribution in [2.75, 3.05) is 17.2 Å². The van der Waals surface area contributed by atoms with E-state index in [2.05, 4.69) is 23.2 Å². The minimum atomic E-state index is 0.136. The molecule has 1 aliphatic rings. The molecule has 0 bridgehead atoms. The molecule has 21 heavy (non-hydrogen) atoms. The van der Waals surface area contributed by atoms with Crippen LogP contribution in [0.25, 0.3) is 0 Å². The predicted octanol–water partition coefficient (Wildman–Crippen LogP) is 3.55. The molecule has 0 fully saturated rings. The zero-order valence-corrected chi connectivity index (χ0v) is 14.0. The summed E-state index contributed by atoms with van der Waals surface area (Å²) in [6, 6.07) is 8.16. The molecular weight excluding hydrogens is 322 g/mol. The second kappa shape index (κ2) is 6.81. The van der Waals surface area contributed by atoms with Gasteiger partial charge in [-0.1, -0.05) is 42.2 Å². The summed E-state index contributed by atoms with van der Waals surface area (Å²) in [4.78, 5) is 15.7. The molecule has 0 saturated carbocycles. The molecule has 2 heterocycles. The fourth-order valence-electron chi connectivity index (χ4n) is 2.17. The molecule has 0 aliphatic carbocycles. The molecule has 7 heteroatoms. The van der Waals surface area contributed by atoms with Gasteiger partial charge in [-0.2, -0.15) is 0 Å². The van der Waals surface area contributed by atoms with Gasteiger partial charge in [0.25, 0.3) is 0 Å². The highest BCUT2D eigenvalue weighted by atomic mass is 32.2. The zero-order chi connectivity index (χ0) is 14.7. The fraction of sp³-hybridized carbons (Fsp3) is 0.357. The van der Waals surface area contributed by atoms with Crippen LogP contribution in [-0.4, -0.2) is 33.7 Å². The Hall–Kier alpha value is -1.05. The number of hydrogen-bond acceptors (Lipinski definition) is 6. The van der Waals surface area contributed by atoms with Gasteiger partial charge in [0.2, 0.25) is 5.91 Å². The largest absolute Gasteiger partial charge is 0.311 e. The highest BCUT2D eigenvalue weighted by molar-refractivity contribution is 8.01. The molecule has 1 aromatic heterocycles. The molecule has 1 aliphatic heterocycles. The Labute approximate surface area is 136 Å². The van der Waals surface area contributed by atoms with Gasteiger partial charge < -0.3 is 4.90 Å². The van der Waals surface area contributed by atoms with E-state index in [-0.39, 0.29) is 5.91 Å². The van der Waals surface area contributed by atoms with Crippen LogP contribution in [0.3, 0.4) is 0 Å². The Morgan fingerprint density at radius 3 is 3.14 bits per heavy atom. The van der Waals surface area contributed by atoms with E-state index in [4.69, 9.17) is 0 Å². The van der Waals surface area contributed by atoms with Gasteiger partial charge in [0.15, 0.2) is 4.34 Å². The Morgan fingerprint density at radius 2 is 2.33 bits per heavy atom. The first-order valence-corrected chi connectivity index (χ1v) is 9.43. The maximum absolute atomic E-state index is 12.6. The van der Waals surface area contributed by atoms with E-state index in [1.807, 2.05) is 34.9 Å². The standard InChI is InChI=1S/C14H15N3OS3/c1-10-6-7-17(11-4-2-3-5-12(11)21-10)13(18)8-19-14-16-15-9-20-14/h2-5,9-10H,6-8H2,1H3. The summed E-state index contributed by atoms with van der Waals surface area (Å²) in [5.74, 6) is 0.542. The van der Waals surface area contributed by atoms with Gasteiger partial charge in [-0.05, 0) is 18.6 Å². The van der Waals surface area contributed by atoms with Crippen LogP contribution in [0.4, 0.5) is 5.69 Å². The molecule has 2 aromatic rings. The Kier molecular flexibility index (Phi) is 4.82. The Bertz CT molecular complexity index is 618. The quantitative estimate of drug-likeness (QED) is 0.802. The molecule has 0 spiro atoms. The molecular formula is C14H15N3OS3. The summed E-state index contributed by atoms with van der Waals surface area (Å²) in [5.41, 5.74) is 2.72. The number of carbonyl (C=O) groups excluding carboxylic acids is 1. The molecule has 0 radical (unpaired) electrons. The van der Waals surface area contributed by atoms with Crippen molar-refractivity contribution in [1.29, 1.82) is 0 Å². The predicted molar refractivity (Wildman–Crippen MR) is 89.4 cm³/mol. The summed E-state index contributed by atoms with van der Waals surface area (Å²) < 4.78 is 0.842. The van der Waals surface area contributed by atoms with Crippen LogP contribution in [0.5, 0.6) is 0 Å². The maximum atomic E-state index is 12.6. The van der Waals surface area contributed by atoms with Crippen LogP contribution < -0.4 is 4.90 Å². The number of aromatic nitrogens is 2. The van der Waals surface area contributed by atoms with Crippen LogP contribution in [0, 0.1) is 0 Å². The number of thioether (sulfide) groups is 2. The number of amides is 1. The summed E-state index contributed by atoms with van der Waals surface area (Å²) in [7, 11) is 0. The van der Waals surface area contributed by atoms with Gasteiger partial charge in [0, 0.05) is 16.7 Å². The van der Waals surface area contributed by atoms with Crippen molar-refractivity contribution >= 4 is 46.5 Å².